The summed E-state index contributed by atoms with van der Waals surface area (Å²) in [7, 11) is 0. The lowest BCUT2D eigenvalue weighted by Gasteiger charge is -1.61. The van der Waals surface area contributed by atoms with Gasteiger partial charge in [-0.2, -0.15) is 5.84 Å². The Morgan fingerprint density at radius 2 is 1.38 bits per heavy atom. The fourth-order valence-corrected chi connectivity index (χ4v) is 0. The summed E-state index contributed by atoms with van der Waals surface area (Å²) in [5, 5.41) is 21.2. The van der Waals surface area contributed by atoms with E-state index in [2.05, 4.69) is 5.84 Å². The Kier molecular flexibility index (Phi) is 6.51. The molecule has 0 aliphatic rings. The topological polar surface area (TPSA) is 133 Å². The van der Waals surface area contributed by atoms with Crippen LogP contribution in [0.2, 0.25) is 0 Å². The number of hydrazine groups is 1. The van der Waals surface area contributed by atoms with Crippen molar-refractivity contribution in [2.45, 2.75) is 0 Å². The lowest BCUT2D eigenvalue weighted by Crippen LogP contribution is -2.04. The summed E-state index contributed by atoms with van der Waals surface area (Å²) in [5.41, 5.74) is 0. The molecule has 8 heavy (non-hydrogen) atoms. The van der Waals surface area contributed by atoms with E-state index in [4.69, 9.17) is 25.4 Å². The maximum Gasteiger partial charge on any atom is 0.291 e. The van der Waals surface area contributed by atoms with Gasteiger partial charge in [0.1, 0.15) is 0 Å². The molecule has 0 amide bonds. The number of nitro groups is 1. The lowest BCUT2D eigenvalue weighted by atomic mass is 12.8. The first kappa shape index (κ1) is 9.64. The zero-order valence-electron chi connectivity index (χ0n) is 3.55. The maximum absolute atomic E-state index is 8.58. The van der Waals surface area contributed by atoms with Crippen molar-refractivity contribution in [1.29, 1.82) is 0 Å². The monoisotopic (exact) mass is 125 g/mol. The Bertz CT molecular complexity index is 65.7. The van der Waals surface area contributed by atoms with E-state index in [1.54, 1.807) is 0 Å². The molecule has 0 aromatic heterocycles. The minimum atomic E-state index is -1.50. The Labute approximate surface area is 42.7 Å². The summed E-state index contributed by atoms with van der Waals surface area (Å²) in [4.78, 5) is 16.9. The number of nitrogens with two attached hydrogens (primary N) is 1. The number of rotatable bonds is 0. The molecule has 0 heterocycles. The normalized spacial score (nSPS) is 6.00. The fourth-order valence-electron chi connectivity index (χ4n) is 0. The highest BCUT2D eigenvalue weighted by molar-refractivity contribution is 3.87. The van der Waals surface area contributed by atoms with E-state index in [-0.39, 0.29) is 0 Å². The van der Waals surface area contributed by atoms with Crippen molar-refractivity contribution >= 4 is 0 Å². The van der Waals surface area contributed by atoms with Crippen LogP contribution in [0.3, 0.4) is 0 Å². The molecule has 0 aromatic carbocycles. The predicted octanol–water partition coefficient (Wildman–Crippen LogP) is -1.21. The summed E-state index contributed by atoms with van der Waals surface area (Å²) in [6.07, 6.45) is 0. The molecule has 48 valence electrons. The Morgan fingerprint density at radius 1 is 1.38 bits per heavy atom. The molecule has 0 radical (unpaired) electrons. The van der Waals surface area contributed by atoms with Gasteiger partial charge in [0, 0.05) is 0 Å². The molecule has 3 N–H and O–H groups in total. The van der Waals surface area contributed by atoms with Gasteiger partial charge in [0.05, 0.1) is 0 Å². The van der Waals surface area contributed by atoms with Gasteiger partial charge < -0.3 is 5.21 Å². The minimum Gasteiger partial charge on any atom is -0.328 e. The van der Waals surface area contributed by atoms with Crippen molar-refractivity contribution < 1.29 is 15.3 Å². The highest BCUT2D eigenvalue weighted by Crippen LogP contribution is 1.38. The minimum absolute atomic E-state index is 1.00. The zero-order valence-corrected chi connectivity index (χ0v) is 3.55. The van der Waals surface area contributed by atoms with E-state index in [0.717, 1.165) is 0 Å². The van der Waals surface area contributed by atoms with Crippen LogP contribution in [0.5, 0.6) is 0 Å². The molecular weight excluding hydrogens is 122 g/mol. The van der Waals surface area contributed by atoms with Crippen LogP contribution in [0.1, 0.15) is 0 Å². The van der Waals surface area contributed by atoms with Crippen molar-refractivity contribution in [3.8, 4) is 0 Å². The molecule has 8 heteroatoms. The van der Waals surface area contributed by atoms with Crippen molar-refractivity contribution in [3.05, 3.63) is 20.2 Å². The van der Waals surface area contributed by atoms with E-state index in [1.807, 2.05) is 0 Å². The summed E-state index contributed by atoms with van der Waals surface area (Å²) in [6.45, 7) is 0. The maximum atomic E-state index is 8.58. The van der Waals surface area contributed by atoms with Crippen LogP contribution in [-0.2, 0) is 0 Å². The zero-order chi connectivity index (χ0) is 7.15. The molecule has 0 unspecified atom stereocenters. The average Bonchev–Trinajstić information content (AvgIpc) is 1.25. The van der Waals surface area contributed by atoms with Crippen LogP contribution in [0.25, 0.3) is 0 Å². The standard InChI is InChI=1S/H2N2O2.HNO3/c1-2(3)4;2-1(3)4/h1H2;(H,2,3,4). The van der Waals surface area contributed by atoms with Crippen LogP contribution in [0.15, 0.2) is 0 Å². The van der Waals surface area contributed by atoms with Crippen molar-refractivity contribution in [1.82, 2.24) is 0 Å². The third kappa shape index (κ3) is 19.9. The van der Waals surface area contributed by atoms with Gasteiger partial charge >= 0.3 is 0 Å². The second kappa shape index (κ2) is 5.40. The average molecular weight is 125 g/mol. The third-order valence-electron chi connectivity index (χ3n) is 0. The molecule has 0 saturated carbocycles. The Hall–Kier alpha value is -1.60. The largest absolute Gasteiger partial charge is 0.328 e. The molecule has 0 rings (SSSR count). The Morgan fingerprint density at radius 3 is 1.38 bits per heavy atom. The van der Waals surface area contributed by atoms with Gasteiger partial charge in [-0.05, 0) is 0 Å². The third-order valence-corrected chi connectivity index (χ3v) is 0. The van der Waals surface area contributed by atoms with Gasteiger partial charge in [-0.1, -0.05) is 0 Å². The van der Waals surface area contributed by atoms with Crippen molar-refractivity contribution in [3.63, 3.8) is 0 Å². The number of hydrogen-bond acceptors (Lipinski definition) is 4. The van der Waals surface area contributed by atoms with Gasteiger partial charge in [0.2, 0.25) is 0 Å². The number of hydrogen-bond donors (Lipinski definition) is 2. The van der Waals surface area contributed by atoms with Crippen LogP contribution < -0.4 is 5.84 Å². The first-order chi connectivity index (χ1) is 3.46. The summed E-state index contributed by atoms with van der Waals surface area (Å²) in [6, 6.07) is 0. The van der Waals surface area contributed by atoms with Crippen LogP contribution in [0, 0.1) is 20.2 Å². The highest BCUT2D eigenvalue weighted by atomic mass is 16.9. The van der Waals surface area contributed by atoms with E-state index < -0.39 is 10.1 Å². The lowest BCUT2D eigenvalue weighted by molar-refractivity contribution is -0.742. The van der Waals surface area contributed by atoms with Gasteiger partial charge in [0.25, 0.3) is 5.09 Å². The smallest absolute Gasteiger partial charge is 0.291 e. The first-order valence-electron chi connectivity index (χ1n) is 1.19. The molecule has 0 aliphatic heterocycles. The van der Waals surface area contributed by atoms with E-state index >= 15 is 0 Å². The quantitative estimate of drug-likeness (QED) is 0.237. The summed E-state index contributed by atoms with van der Waals surface area (Å²) in [5.74, 6) is 3.83. The first-order valence-corrected chi connectivity index (χ1v) is 1.19. The van der Waals surface area contributed by atoms with Crippen LogP contribution in [-0.4, -0.2) is 15.3 Å². The van der Waals surface area contributed by atoms with Crippen LogP contribution >= 0.6 is 0 Å². The summed E-state index contributed by atoms with van der Waals surface area (Å²) >= 11 is 0. The molecule has 0 bridgehead atoms. The summed E-state index contributed by atoms with van der Waals surface area (Å²) < 4.78 is 0. The van der Waals surface area contributed by atoms with Crippen molar-refractivity contribution in [2.75, 3.05) is 0 Å². The fraction of sp³-hybridized carbons (Fsp3) is 0. The van der Waals surface area contributed by atoms with Crippen LogP contribution in [0.4, 0.5) is 0 Å². The van der Waals surface area contributed by atoms with E-state index in [9.17, 15) is 0 Å². The molecule has 0 spiro atoms. The van der Waals surface area contributed by atoms with E-state index in [0.29, 0.717) is 0 Å². The molecular formula is H3N3O5. The van der Waals surface area contributed by atoms with Crippen molar-refractivity contribution in [2.24, 2.45) is 5.84 Å². The molecule has 0 fully saturated rings. The molecule has 0 atom stereocenters. The van der Waals surface area contributed by atoms with Gasteiger partial charge in [0.15, 0.2) is 5.03 Å². The van der Waals surface area contributed by atoms with Gasteiger partial charge in [-0.3, -0.25) is 0 Å². The van der Waals surface area contributed by atoms with Gasteiger partial charge in [-0.25, -0.2) is 10.1 Å². The van der Waals surface area contributed by atoms with Gasteiger partial charge in [-0.15, -0.1) is 10.1 Å². The molecule has 0 aliphatic carbocycles. The highest BCUT2D eigenvalue weighted by Gasteiger charge is 1.65. The molecule has 0 saturated heterocycles. The molecule has 0 aromatic rings. The molecule has 8 nitrogen and oxygen atoms in total. The second-order valence-corrected chi connectivity index (χ2v) is 0.523. The van der Waals surface area contributed by atoms with E-state index in [1.165, 1.54) is 0 Å². The Balaban J connectivity index is 0. The predicted molar refractivity (Wildman–Crippen MR) is 20.0 cm³/mol. The second-order valence-electron chi connectivity index (χ2n) is 0.523. The SMILES string of the molecule is N[N+](=O)[O-].O=[N+]([O-])O. The number of nitrogens with zero attached hydrogens (tertiary/aromatic N) is 2.